The van der Waals surface area contributed by atoms with E-state index in [9.17, 15) is 9.59 Å². The summed E-state index contributed by atoms with van der Waals surface area (Å²) in [6, 6.07) is 14.8. The van der Waals surface area contributed by atoms with Gasteiger partial charge < -0.3 is 9.72 Å². The molecule has 2 heterocycles. The Balaban J connectivity index is 1.71. The maximum Gasteiger partial charge on any atom is 0.262 e. The molecule has 7 heteroatoms. The number of aryl methyl sites for hydroxylation is 1. The van der Waals surface area contributed by atoms with Crippen molar-refractivity contribution < 1.29 is 9.53 Å². The van der Waals surface area contributed by atoms with Gasteiger partial charge in [0.2, 0.25) is 0 Å². The molecule has 0 saturated heterocycles. The Morgan fingerprint density at radius 1 is 1.17 bits per heavy atom. The van der Waals surface area contributed by atoms with E-state index < -0.39 is 0 Å². The van der Waals surface area contributed by atoms with E-state index in [1.807, 2.05) is 56.3 Å². The highest BCUT2D eigenvalue weighted by atomic mass is 32.2. The van der Waals surface area contributed by atoms with Gasteiger partial charge in [0.25, 0.3) is 5.56 Å². The molecule has 4 rings (SSSR count). The fraction of sp³-hybridized carbons (Fsp3) is 0.261. The molecule has 1 N–H and O–H groups in total. The van der Waals surface area contributed by atoms with Gasteiger partial charge in [-0.1, -0.05) is 42.1 Å². The second-order valence-corrected chi connectivity index (χ2v) is 8.22. The number of ether oxygens (including phenoxy) is 1. The van der Waals surface area contributed by atoms with Gasteiger partial charge in [0.15, 0.2) is 10.9 Å². The zero-order valence-electron chi connectivity index (χ0n) is 17.1. The molecule has 4 aromatic rings. The number of carbonyl (C=O) groups is 1. The molecular formula is C23H23N3O3S. The van der Waals surface area contributed by atoms with Crippen LogP contribution in [0.1, 0.15) is 29.0 Å². The molecule has 2 aromatic carbocycles. The van der Waals surface area contributed by atoms with Crippen molar-refractivity contribution >= 4 is 39.4 Å². The van der Waals surface area contributed by atoms with Gasteiger partial charge in [-0.25, -0.2) is 4.98 Å². The number of carbonyl (C=O) groups excluding carboxylic acids is 1. The average molecular weight is 422 g/mol. The zero-order valence-corrected chi connectivity index (χ0v) is 18.0. The molecule has 0 spiro atoms. The van der Waals surface area contributed by atoms with E-state index in [0.29, 0.717) is 28.2 Å². The number of fused-ring (bicyclic) bond motifs is 2. The van der Waals surface area contributed by atoms with Gasteiger partial charge in [-0.05, 0) is 32.0 Å². The number of para-hydroxylation sites is 2. The number of H-pyrrole nitrogens is 1. The second-order valence-electron chi connectivity index (χ2n) is 7.27. The van der Waals surface area contributed by atoms with Gasteiger partial charge in [0.1, 0.15) is 0 Å². The Bertz CT molecular complexity index is 1290. The van der Waals surface area contributed by atoms with E-state index in [2.05, 4.69) is 9.97 Å². The fourth-order valence-corrected chi connectivity index (χ4v) is 4.74. The van der Waals surface area contributed by atoms with Crippen LogP contribution < -0.4 is 5.56 Å². The van der Waals surface area contributed by atoms with Crippen LogP contribution in [-0.4, -0.2) is 39.8 Å². The van der Waals surface area contributed by atoms with Crippen LogP contribution in [-0.2, 0) is 4.74 Å². The van der Waals surface area contributed by atoms with Crippen LogP contribution in [0.2, 0.25) is 0 Å². The first-order chi connectivity index (χ1) is 14.5. The van der Waals surface area contributed by atoms with Gasteiger partial charge in [-0.2, -0.15) is 0 Å². The molecule has 0 fully saturated rings. The van der Waals surface area contributed by atoms with Crippen LogP contribution in [0.25, 0.3) is 21.8 Å². The fourth-order valence-electron chi connectivity index (χ4n) is 3.77. The van der Waals surface area contributed by atoms with Crippen molar-refractivity contribution in [3.63, 3.8) is 0 Å². The Morgan fingerprint density at radius 2 is 1.87 bits per heavy atom. The van der Waals surface area contributed by atoms with E-state index in [1.165, 1.54) is 11.8 Å². The van der Waals surface area contributed by atoms with Crippen LogP contribution in [0.15, 0.2) is 58.5 Å². The smallest absolute Gasteiger partial charge is 0.262 e. The van der Waals surface area contributed by atoms with Crippen molar-refractivity contribution in [1.29, 1.82) is 0 Å². The lowest BCUT2D eigenvalue weighted by Gasteiger charge is -2.18. The van der Waals surface area contributed by atoms with Crippen molar-refractivity contribution in [1.82, 2.24) is 14.5 Å². The molecule has 0 aliphatic carbocycles. The molecule has 0 amide bonds. The number of thioether (sulfide) groups is 1. The quantitative estimate of drug-likeness (QED) is 0.272. The summed E-state index contributed by atoms with van der Waals surface area (Å²) in [4.78, 5) is 34.2. The van der Waals surface area contributed by atoms with Crippen molar-refractivity contribution in [3.8, 4) is 0 Å². The minimum Gasteiger partial charge on any atom is -0.383 e. The highest BCUT2D eigenvalue weighted by Crippen LogP contribution is 2.26. The normalized spacial score (nSPS) is 12.5. The second kappa shape index (κ2) is 8.45. The number of nitrogens with zero attached hydrogens (tertiary/aromatic N) is 2. The van der Waals surface area contributed by atoms with E-state index in [4.69, 9.17) is 4.74 Å². The van der Waals surface area contributed by atoms with Crippen molar-refractivity contribution in [2.45, 2.75) is 25.0 Å². The average Bonchev–Trinajstić information content (AvgIpc) is 3.08. The molecule has 6 nitrogen and oxygen atoms in total. The summed E-state index contributed by atoms with van der Waals surface area (Å²) in [5.41, 5.74) is 2.99. The molecule has 0 bridgehead atoms. The van der Waals surface area contributed by atoms with Crippen LogP contribution in [0, 0.1) is 6.92 Å². The van der Waals surface area contributed by atoms with Gasteiger partial charge in [-0.15, -0.1) is 0 Å². The van der Waals surface area contributed by atoms with Crippen LogP contribution >= 0.6 is 11.8 Å². The first-order valence-electron chi connectivity index (χ1n) is 9.74. The molecule has 0 aliphatic heterocycles. The summed E-state index contributed by atoms with van der Waals surface area (Å²) in [5.74, 6) is 0.191. The minimum atomic E-state index is -0.202. The number of hydrogen-bond donors (Lipinski definition) is 1. The largest absolute Gasteiger partial charge is 0.383 e. The van der Waals surface area contributed by atoms with Crippen molar-refractivity contribution in [3.05, 3.63) is 70.1 Å². The molecular weight excluding hydrogens is 398 g/mol. The number of aromatic nitrogens is 3. The van der Waals surface area contributed by atoms with Crippen LogP contribution in [0.5, 0.6) is 0 Å². The lowest BCUT2D eigenvalue weighted by molar-refractivity contribution is 0.102. The number of aromatic amines is 1. The number of hydrogen-bond acceptors (Lipinski definition) is 5. The maximum atomic E-state index is 13.1. The minimum absolute atomic E-state index is 0.00306. The number of nitrogens with one attached hydrogen (secondary N) is 1. The maximum absolute atomic E-state index is 13.1. The van der Waals surface area contributed by atoms with Gasteiger partial charge in [0, 0.05) is 29.3 Å². The predicted molar refractivity (Wildman–Crippen MR) is 121 cm³/mol. The summed E-state index contributed by atoms with van der Waals surface area (Å²) in [6.07, 6.45) is 0. The SMILES string of the molecule is COC[C@H](C)n1c(SCC(=O)c2c(C)[nH]c3ccccc23)nc2ccccc2c1=O. The number of benzene rings is 2. The molecule has 2 aromatic heterocycles. The molecule has 0 unspecified atom stereocenters. The molecule has 1 atom stereocenters. The summed E-state index contributed by atoms with van der Waals surface area (Å²) in [5, 5.41) is 2.00. The summed E-state index contributed by atoms with van der Waals surface area (Å²) >= 11 is 1.29. The third-order valence-electron chi connectivity index (χ3n) is 5.13. The Labute approximate surface area is 178 Å². The Kier molecular flexibility index (Phi) is 5.74. The highest BCUT2D eigenvalue weighted by Gasteiger charge is 2.20. The van der Waals surface area contributed by atoms with E-state index in [0.717, 1.165) is 16.6 Å². The predicted octanol–water partition coefficient (Wildman–Crippen LogP) is 4.37. The van der Waals surface area contributed by atoms with Gasteiger partial charge in [-0.3, -0.25) is 14.2 Å². The Morgan fingerprint density at radius 3 is 2.63 bits per heavy atom. The standard InChI is InChI=1S/C23H23N3O3S/c1-14(12-29-3)26-22(28)17-9-5-7-11-19(17)25-23(26)30-13-20(27)21-15(2)24-18-10-6-4-8-16(18)21/h4-11,14,24H,12-13H2,1-3H3/t14-/m0/s1. The summed E-state index contributed by atoms with van der Waals surface area (Å²) in [6.45, 7) is 4.20. The third-order valence-corrected chi connectivity index (χ3v) is 6.08. The molecule has 154 valence electrons. The van der Waals surface area contributed by atoms with E-state index >= 15 is 0 Å². The molecule has 0 radical (unpaired) electrons. The third kappa shape index (κ3) is 3.66. The summed E-state index contributed by atoms with van der Waals surface area (Å²) in [7, 11) is 1.60. The first kappa shape index (κ1) is 20.4. The van der Waals surface area contributed by atoms with Crippen LogP contribution in [0.4, 0.5) is 0 Å². The molecule has 0 saturated carbocycles. The lowest BCUT2D eigenvalue weighted by atomic mass is 10.1. The van der Waals surface area contributed by atoms with Crippen molar-refractivity contribution in [2.24, 2.45) is 0 Å². The number of ketones is 1. The van der Waals surface area contributed by atoms with Crippen LogP contribution in [0.3, 0.4) is 0 Å². The first-order valence-corrected chi connectivity index (χ1v) is 10.7. The lowest BCUT2D eigenvalue weighted by Crippen LogP contribution is -2.28. The molecule has 0 aliphatic rings. The van der Waals surface area contributed by atoms with Crippen molar-refractivity contribution in [2.75, 3.05) is 19.5 Å². The Hall–Kier alpha value is -2.90. The monoisotopic (exact) mass is 421 g/mol. The highest BCUT2D eigenvalue weighted by molar-refractivity contribution is 7.99. The van der Waals surface area contributed by atoms with E-state index in [1.54, 1.807) is 17.7 Å². The van der Waals surface area contributed by atoms with Gasteiger partial charge in [0.05, 0.1) is 29.3 Å². The molecule has 30 heavy (non-hydrogen) atoms. The number of Topliss-reactive ketones (excluding diaryl/α,β-unsaturated/α-hetero) is 1. The van der Waals surface area contributed by atoms with E-state index in [-0.39, 0.29) is 23.1 Å². The topological polar surface area (TPSA) is 77.0 Å². The number of rotatable bonds is 7. The zero-order chi connectivity index (χ0) is 21.3. The summed E-state index contributed by atoms with van der Waals surface area (Å²) < 4.78 is 6.89. The van der Waals surface area contributed by atoms with Gasteiger partial charge >= 0.3 is 0 Å². The number of methoxy groups -OCH3 is 1.